The molecule has 0 aromatic carbocycles. The predicted octanol–water partition coefficient (Wildman–Crippen LogP) is 4.95. The molecule has 0 atom stereocenters. The van der Waals surface area contributed by atoms with Crippen molar-refractivity contribution in [3.05, 3.63) is 24.3 Å². The Morgan fingerprint density at radius 3 is 0.857 bits per heavy atom. The number of rotatable bonds is 0. The molecule has 0 aromatic rings. The Labute approximate surface area is 107 Å². The zero-order valence-corrected chi connectivity index (χ0v) is 14.9. The number of allylic oxidation sites excluding steroid dienone is 4. The van der Waals surface area contributed by atoms with Gasteiger partial charge in [0, 0.05) is 0 Å². The van der Waals surface area contributed by atoms with Crippen LogP contribution in [0, 0.1) is 0 Å². The SMILES string of the molecule is [Cl][Ge]1([Cl])[CH2]C=C[CH2]1.[Cl][Ge]1([Cl])[CH2]C=C[CH2]1. The summed E-state index contributed by atoms with van der Waals surface area (Å²) in [6.45, 7) is 0. The molecule has 2 aliphatic rings. The molecule has 0 N–H and O–H groups in total. The fraction of sp³-hybridized carbons (Fsp3) is 0.500. The number of hydrogen-bond donors (Lipinski definition) is 0. The predicted molar refractivity (Wildman–Crippen MR) is 72.4 cm³/mol. The van der Waals surface area contributed by atoms with Gasteiger partial charge in [-0.3, -0.25) is 0 Å². The second kappa shape index (κ2) is 5.88. The summed E-state index contributed by atoms with van der Waals surface area (Å²) in [7, 11) is 23.4. The van der Waals surface area contributed by atoms with Crippen molar-refractivity contribution in [2.75, 3.05) is 0 Å². The molecule has 0 aromatic heterocycles. The molecule has 80 valence electrons. The Kier molecular flexibility index (Phi) is 5.79. The van der Waals surface area contributed by atoms with Gasteiger partial charge in [0.2, 0.25) is 0 Å². The fourth-order valence-corrected chi connectivity index (χ4v) is 9.89. The van der Waals surface area contributed by atoms with E-state index in [0.29, 0.717) is 0 Å². The molecule has 0 nitrogen and oxygen atoms in total. The molecule has 0 bridgehead atoms. The first-order valence-corrected chi connectivity index (χ1v) is 21.4. The minimum absolute atomic E-state index is 0.989. The molecule has 0 radical (unpaired) electrons. The fourth-order valence-electron chi connectivity index (χ4n) is 1.19. The van der Waals surface area contributed by atoms with Gasteiger partial charge in [-0.05, 0) is 0 Å². The maximum atomic E-state index is 5.86. The van der Waals surface area contributed by atoms with Crippen molar-refractivity contribution in [1.82, 2.24) is 0 Å². The van der Waals surface area contributed by atoms with E-state index in [0.717, 1.165) is 21.0 Å². The molecule has 0 spiro atoms. The van der Waals surface area contributed by atoms with Crippen molar-refractivity contribution < 1.29 is 0 Å². The second-order valence-corrected chi connectivity index (χ2v) is 31.1. The standard InChI is InChI=1S/2C4H6Cl2Ge/c2*5-7(6)3-1-2-4-7/h2*1-2H,3-4H2. The van der Waals surface area contributed by atoms with Gasteiger partial charge in [-0.15, -0.1) is 0 Å². The van der Waals surface area contributed by atoms with E-state index < -0.39 is 22.8 Å². The molecule has 14 heavy (non-hydrogen) atoms. The van der Waals surface area contributed by atoms with Crippen LogP contribution in [0.15, 0.2) is 24.3 Å². The van der Waals surface area contributed by atoms with Crippen molar-refractivity contribution in [3.8, 4) is 0 Å². The summed E-state index contributed by atoms with van der Waals surface area (Å²) in [5.74, 6) is 0. The maximum absolute atomic E-state index is 5.86. The molecular weight excluding hydrogens is 383 g/mol. The summed E-state index contributed by atoms with van der Waals surface area (Å²) >= 11 is -4.28. The van der Waals surface area contributed by atoms with E-state index >= 15 is 0 Å². The summed E-state index contributed by atoms with van der Waals surface area (Å²) in [5.41, 5.74) is 0. The molecule has 2 rings (SSSR count). The Bertz CT molecular complexity index is 202. The van der Waals surface area contributed by atoms with Crippen molar-refractivity contribution in [1.29, 1.82) is 0 Å². The molecule has 2 aliphatic heterocycles. The van der Waals surface area contributed by atoms with Gasteiger partial charge < -0.3 is 0 Å². The average Bonchev–Trinajstić information content (AvgIpc) is 2.60. The third kappa shape index (κ3) is 5.71. The monoisotopic (exact) mass is 396 g/mol. The molecule has 0 saturated carbocycles. The Morgan fingerprint density at radius 1 is 0.571 bits per heavy atom. The van der Waals surface area contributed by atoms with E-state index in [1.54, 1.807) is 0 Å². The Morgan fingerprint density at radius 2 is 0.786 bits per heavy atom. The molecule has 0 saturated heterocycles. The Hall–Kier alpha value is 1.73. The van der Waals surface area contributed by atoms with Gasteiger partial charge in [0.1, 0.15) is 0 Å². The van der Waals surface area contributed by atoms with Gasteiger partial charge in [0.15, 0.2) is 0 Å². The quantitative estimate of drug-likeness (QED) is 0.402. The Balaban J connectivity index is 0.000000140. The van der Waals surface area contributed by atoms with E-state index in [-0.39, 0.29) is 0 Å². The minimum atomic E-state index is -2.14. The van der Waals surface area contributed by atoms with E-state index in [1.807, 2.05) is 0 Å². The first-order valence-electron chi connectivity index (χ1n) is 4.47. The molecular formula is C8H12Cl4Ge2. The first kappa shape index (κ1) is 13.8. The van der Waals surface area contributed by atoms with Gasteiger partial charge in [-0.2, -0.15) is 0 Å². The molecule has 6 heteroatoms. The van der Waals surface area contributed by atoms with Gasteiger partial charge >= 0.3 is 108 Å². The van der Waals surface area contributed by atoms with Crippen LogP contribution in [-0.4, -0.2) is 22.8 Å². The average molecular weight is 395 g/mol. The topological polar surface area (TPSA) is 0 Å². The van der Waals surface area contributed by atoms with Crippen molar-refractivity contribution in [2.45, 2.75) is 21.0 Å². The summed E-state index contributed by atoms with van der Waals surface area (Å²) in [5, 5.41) is 3.96. The summed E-state index contributed by atoms with van der Waals surface area (Å²) < 4.78 is 0. The van der Waals surface area contributed by atoms with E-state index in [1.165, 1.54) is 0 Å². The van der Waals surface area contributed by atoms with E-state index in [4.69, 9.17) is 40.0 Å². The van der Waals surface area contributed by atoms with Crippen LogP contribution in [0.1, 0.15) is 0 Å². The van der Waals surface area contributed by atoms with E-state index in [2.05, 4.69) is 24.3 Å². The van der Waals surface area contributed by atoms with Gasteiger partial charge in [0.25, 0.3) is 0 Å². The van der Waals surface area contributed by atoms with Crippen LogP contribution >= 0.6 is 40.0 Å². The van der Waals surface area contributed by atoms with Crippen LogP contribution in [0.25, 0.3) is 0 Å². The first-order chi connectivity index (χ1) is 6.41. The molecule has 0 fully saturated rings. The third-order valence-electron chi connectivity index (χ3n) is 2.00. The van der Waals surface area contributed by atoms with Crippen molar-refractivity contribution in [2.24, 2.45) is 0 Å². The zero-order valence-electron chi connectivity index (χ0n) is 7.65. The summed E-state index contributed by atoms with van der Waals surface area (Å²) in [6.07, 6.45) is 8.33. The molecule has 0 amide bonds. The van der Waals surface area contributed by atoms with Crippen molar-refractivity contribution >= 4 is 62.9 Å². The zero-order chi connectivity index (χ0) is 10.7. The van der Waals surface area contributed by atoms with Crippen LogP contribution in [-0.2, 0) is 0 Å². The van der Waals surface area contributed by atoms with E-state index in [9.17, 15) is 0 Å². The van der Waals surface area contributed by atoms with Crippen LogP contribution in [0.3, 0.4) is 0 Å². The summed E-state index contributed by atoms with van der Waals surface area (Å²) in [4.78, 5) is 0. The molecule has 0 aliphatic carbocycles. The van der Waals surface area contributed by atoms with Gasteiger partial charge in [-0.25, -0.2) is 0 Å². The van der Waals surface area contributed by atoms with Crippen LogP contribution in [0.5, 0.6) is 0 Å². The van der Waals surface area contributed by atoms with Gasteiger partial charge in [-0.1, -0.05) is 0 Å². The van der Waals surface area contributed by atoms with Gasteiger partial charge in [0.05, 0.1) is 0 Å². The molecule has 2 heterocycles. The molecule has 0 unspecified atom stereocenters. The third-order valence-corrected chi connectivity index (χ3v) is 15.4. The number of hydrogen-bond acceptors (Lipinski definition) is 0. The van der Waals surface area contributed by atoms with Crippen LogP contribution in [0.2, 0.25) is 21.0 Å². The summed E-state index contributed by atoms with van der Waals surface area (Å²) in [6, 6.07) is 0. The van der Waals surface area contributed by atoms with Crippen LogP contribution in [0.4, 0.5) is 0 Å². The number of halogens is 4. The van der Waals surface area contributed by atoms with Crippen molar-refractivity contribution in [3.63, 3.8) is 0 Å². The second-order valence-electron chi connectivity index (χ2n) is 3.47. The van der Waals surface area contributed by atoms with Crippen LogP contribution < -0.4 is 0 Å². The normalized spacial score (nSPS) is 26.0.